The quantitative estimate of drug-likeness (QED) is 0.796. The number of nitrogens with one attached hydrogen (secondary N) is 1. The average molecular weight is 219 g/mol. The van der Waals surface area contributed by atoms with E-state index in [1.54, 1.807) is 0 Å². The molecule has 0 aliphatic heterocycles. The molecule has 0 radical (unpaired) electrons. The molecule has 5 nitrogen and oxygen atoms in total. The van der Waals surface area contributed by atoms with Gasteiger partial charge in [0.25, 0.3) is 5.89 Å². The molecule has 5 heteroatoms. The summed E-state index contributed by atoms with van der Waals surface area (Å²) in [5.74, 6) is 0.340. The highest BCUT2D eigenvalue weighted by atomic mass is 16.5. The van der Waals surface area contributed by atoms with Gasteiger partial charge in [0.1, 0.15) is 1.37 Å². The molecule has 0 aromatic carbocycles. The van der Waals surface area contributed by atoms with Gasteiger partial charge in [-0.3, -0.25) is 5.10 Å². The number of nitrogens with zero attached hydrogens (tertiary/aromatic N) is 3. The number of aromatic nitrogens is 4. The second kappa shape index (κ2) is 3.17. The Balaban J connectivity index is 2.02. The number of rotatable bonds is 1. The lowest BCUT2D eigenvalue weighted by molar-refractivity contribution is 0.312. The largest absolute Gasteiger partial charge is 0.332 e. The van der Waals surface area contributed by atoms with Crippen LogP contribution in [0.5, 0.6) is 0 Å². The topological polar surface area (TPSA) is 67.6 Å². The van der Waals surface area contributed by atoms with Crippen molar-refractivity contribution in [1.29, 1.82) is 0 Å². The summed E-state index contributed by atoms with van der Waals surface area (Å²) < 4.78 is 12.3. The number of fused-ring (bicyclic) bond motifs is 1. The van der Waals surface area contributed by atoms with Crippen LogP contribution in [0.2, 0.25) is 0 Å². The van der Waals surface area contributed by atoms with Crippen molar-refractivity contribution in [2.75, 3.05) is 0 Å². The van der Waals surface area contributed by atoms with E-state index in [1.165, 1.54) is 0 Å². The van der Waals surface area contributed by atoms with Gasteiger partial charge in [0, 0.05) is 11.3 Å². The Hall–Kier alpha value is -1.65. The first-order chi connectivity index (χ1) is 8.05. The van der Waals surface area contributed by atoms with Crippen molar-refractivity contribution in [3.8, 4) is 11.6 Å². The molecule has 0 bridgehead atoms. The monoisotopic (exact) mass is 219 g/mol. The van der Waals surface area contributed by atoms with Crippen LogP contribution in [0, 0.1) is 5.41 Å². The molecule has 0 unspecified atom stereocenters. The highest BCUT2D eigenvalue weighted by Gasteiger charge is 2.30. The summed E-state index contributed by atoms with van der Waals surface area (Å²) in [6.45, 7) is 4.51. The molecule has 0 atom stereocenters. The van der Waals surface area contributed by atoms with Gasteiger partial charge in [-0.05, 0) is 24.7 Å². The summed E-state index contributed by atoms with van der Waals surface area (Å²) in [6, 6.07) is 0. The summed E-state index contributed by atoms with van der Waals surface area (Å²) >= 11 is 0. The average Bonchev–Trinajstić information content (AvgIpc) is 2.82. The normalized spacial score (nSPS) is 19.2. The Labute approximate surface area is 94.7 Å². The van der Waals surface area contributed by atoms with Gasteiger partial charge in [0.05, 0.1) is 0 Å². The summed E-state index contributed by atoms with van der Waals surface area (Å²) in [4.78, 5) is 3.90. The minimum atomic E-state index is -0.104. The van der Waals surface area contributed by atoms with Gasteiger partial charge in [0.2, 0.25) is 0 Å². The third-order valence-corrected chi connectivity index (χ3v) is 3.19. The summed E-state index contributed by atoms with van der Waals surface area (Å²) in [5, 5.41) is 10.8. The molecule has 84 valence electrons. The zero-order valence-corrected chi connectivity index (χ0v) is 9.37. The SMILES string of the molecule is [2H]c1noc(-c2n[nH]c3c2CCC(C)(C)C3)n1. The molecule has 0 saturated carbocycles. The van der Waals surface area contributed by atoms with Gasteiger partial charge < -0.3 is 4.52 Å². The van der Waals surface area contributed by atoms with E-state index in [9.17, 15) is 0 Å². The number of hydrogen-bond donors (Lipinski definition) is 1. The van der Waals surface area contributed by atoms with Gasteiger partial charge in [-0.25, -0.2) is 0 Å². The van der Waals surface area contributed by atoms with Crippen LogP contribution < -0.4 is 0 Å². The van der Waals surface area contributed by atoms with E-state index < -0.39 is 0 Å². The van der Waals surface area contributed by atoms with Gasteiger partial charge in [-0.1, -0.05) is 19.0 Å². The van der Waals surface area contributed by atoms with Crippen molar-refractivity contribution < 1.29 is 5.89 Å². The number of H-pyrrole nitrogens is 1. The Kier molecular flexibility index (Phi) is 1.68. The molecule has 16 heavy (non-hydrogen) atoms. The van der Waals surface area contributed by atoms with E-state index in [1.807, 2.05) is 0 Å². The van der Waals surface area contributed by atoms with E-state index in [-0.39, 0.29) is 6.30 Å². The minimum absolute atomic E-state index is 0.104. The third kappa shape index (κ3) is 1.43. The summed E-state index contributed by atoms with van der Waals surface area (Å²) in [7, 11) is 0. The van der Waals surface area contributed by atoms with E-state index in [0.29, 0.717) is 17.0 Å². The maximum absolute atomic E-state index is 7.27. The Bertz CT molecular complexity index is 558. The first-order valence-electron chi connectivity index (χ1n) is 5.92. The van der Waals surface area contributed by atoms with Crippen molar-refractivity contribution in [3.05, 3.63) is 17.6 Å². The Morgan fingerprint density at radius 2 is 2.44 bits per heavy atom. The fourth-order valence-corrected chi connectivity index (χ4v) is 2.27. The maximum atomic E-state index is 7.27. The van der Waals surface area contributed by atoms with Gasteiger partial charge in [-0.2, -0.15) is 10.1 Å². The molecule has 1 N–H and O–H groups in total. The smallest absolute Gasteiger partial charge is 0.278 e. The number of aromatic amines is 1. The Morgan fingerprint density at radius 3 is 3.19 bits per heavy atom. The molecule has 0 spiro atoms. The van der Waals surface area contributed by atoms with Crippen LogP contribution in [-0.2, 0) is 12.8 Å². The molecule has 1 aliphatic carbocycles. The van der Waals surface area contributed by atoms with Crippen LogP contribution in [0.15, 0.2) is 10.8 Å². The fraction of sp³-hybridized carbons (Fsp3) is 0.545. The second-order valence-electron chi connectivity index (χ2n) is 5.07. The highest BCUT2D eigenvalue weighted by molar-refractivity contribution is 5.54. The molecule has 0 fully saturated rings. The van der Waals surface area contributed by atoms with Crippen molar-refractivity contribution in [2.45, 2.75) is 33.1 Å². The third-order valence-electron chi connectivity index (χ3n) is 3.19. The van der Waals surface area contributed by atoms with Crippen molar-refractivity contribution in [3.63, 3.8) is 0 Å². The van der Waals surface area contributed by atoms with E-state index >= 15 is 0 Å². The van der Waals surface area contributed by atoms with Crippen molar-refractivity contribution >= 4 is 0 Å². The van der Waals surface area contributed by atoms with Gasteiger partial charge in [0.15, 0.2) is 12.0 Å². The van der Waals surface area contributed by atoms with Crippen LogP contribution in [0.4, 0.5) is 0 Å². The van der Waals surface area contributed by atoms with Gasteiger partial charge >= 0.3 is 0 Å². The van der Waals surface area contributed by atoms with Crippen molar-refractivity contribution in [1.82, 2.24) is 20.3 Å². The minimum Gasteiger partial charge on any atom is -0.332 e. The lowest BCUT2D eigenvalue weighted by atomic mass is 9.76. The molecular formula is C11H14N4O. The first kappa shape index (κ1) is 8.50. The molecule has 2 aromatic rings. The van der Waals surface area contributed by atoms with Crippen LogP contribution >= 0.6 is 0 Å². The summed E-state index contributed by atoms with van der Waals surface area (Å²) in [5.41, 5.74) is 3.34. The molecule has 2 heterocycles. The molecule has 0 amide bonds. The zero-order valence-electron chi connectivity index (χ0n) is 10.4. The predicted octanol–water partition coefficient (Wildman–Crippen LogP) is 1.97. The maximum Gasteiger partial charge on any atom is 0.278 e. The van der Waals surface area contributed by atoms with E-state index in [4.69, 9.17) is 5.89 Å². The summed E-state index contributed by atoms with van der Waals surface area (Å²) in [6.07, 6.45) is 2.96. The van der Waals surface area contributed by atoms with Crippen LogP contribution in [-0.4, -0.2) is 20.3 Å². The molecule has 2 aromatic heterocycles. The zero-order chi connectivity index (χ0) is 12.0. The molecule has 0 saturated heterocycles. The molecule has 1 aliphatic rings. The van der Waals surface area contributed by atoms with Crippen LogP contribution in [0.25, 0.3) is 11.6 Å². The standard InChI is InChI=1S/C11H14N4O/c1-11(2)4-3-7-8(5-11)14-15-9(7)10-12-6-13-16-10/h6H,3-5H2,1-2H3,(H,14,15)/i6D. The Morgan fingerprint density at radius 1 is 1.56 bits per heavy atom. The molecular weight excluding hydrogens is 204 g/mol. The van der Waals surface area contributed by atoms with Crippen molar-refractivity contribution in [2.24, 2.45) is 5.41 Å². The number of hydrogen-bond acceptors (Lipinski definition) is 4. The second-order valence-corrected chi connectivity index (χ2v) is 5.07. The lowest BCUT2D eigenvalue weighted by Gasteiger charge is -2.28. The fourth-order valence-electron chi connectivity index (χ4n) is 2.27. The lowest BCUT2D eigenvalue weighted by Crippen LogP contribution is -2.21. The van der Waals surface area contributed by atoms with E-state index in [2.05, 4.69) is 34.2 Å². The van der Waals surface area contributed by atoms with Gasteiger partial charge in [-0.15, -0.1) is 0 Å². The van der Waals surface area contributed by atoms with Crippen LogP contribution in [0.3, 0.4) is 0 Å². The molecule has 3 rings (SSSR count). The van der Waals surface area contributed by atoms with Crippen LogP contribution in [0.1, 0.15) is 32.9 Å². The first-order valence-corrected chi connectivity index (χ1v) is 5.42. The highest BCUT2D eigenvalue weighted by Crippen LogP contribution is 2.37. The predicted molar refractivity (Wildman–Crippen MR) is 57.7 cm³/mol. The van der Waals surface area contributed by atoms with E-state index in [0.717, 1.165) is 30.5 Å².